The van der Waals surface area contributed by atoms with Gasteiger partial charge in [-0.05, 0) is 11.6 Å². The van der Waals surface area contributed by atoms with Gasteiger partial charge in [0.2, 0.25) is 5.91 Å². The molecule has 1 amide bonds. The number of amides is 1. The van der Waals surface area contributed by atoms with Crippen molar-refractivity contribution in [3.8, 4) is 0 Å². The summed E-state index contributed by atoms with van der Waals surface area (Å²) in [6, 6.07) is 4.35. The van der Waals surface area contributed by atoms with Crippen molar-refractivity contribution in [2.45, 2.75) is 12.5 Å². The average Bonchev–Trinajstić information content (AvgIpc) is 2.28. The molecule has 1 atom stereocenters. The molecule has 0 radical (unpaired) electrons. The standard InChI is InChI=1S/C11H12FNO4/c12-8-4-2-1-3-7(8)5-10(15)13-9(6-14)11(16)17/h1-4,9,14H,5-6H2,(H,13,15)(H,16,17)/t9-/m1/s1. The lowest BCUT2D eigenvalue weighted by Crippen LogP contribution is -2.44. The van der Waals surface area contributed by atoms with E-state index in [1.807, 2.05) is 0 Å². The molecule has 0 bridgehead atoms. The normalized spacial score (nSPS) is 11.9. The number of hydrogen-bond donors (Lipinski definition) is 3. The van der Waals surface area contributed by atoms with Crippen LogP contribution < -0.4 is 5.32 Å². The van der Waals surface area contributed by atoms with E-state index in [1.54, 1.807) is 6.07 Å². The number of nitrogens with one attached hydrogen (secondary N) is 1. The van der Waals surface area contributed by atoms with Crippen molar-refractivity contribution in [1.82, 2.24) is 5.32 Å². The maximum atomic E-state index is 13.2. The van der Waals surface area contributed by atoms with Gasteiger partial charge in [-0.3, -0.25) is 4.79 Å². The fourth-order valence-electron chi connectivity index (χ4n) is 1.25. The molecule has 1 aromatic rings. The maximum absolute atomic E-state index is 13.2. The van der Waals surface area contributed by atoms with Crippen LogP contribution in [0.25, 0.3) is 0 Å². The van der Waals surface area contributed by atoms with Gasteiger partial charge in [-0.2, -0.15) is 0 Å². The molecule has 0 aliphatic heterocycles. The van der Waals surface area contributed by atoms with Gasteiger partial charge in [0, 0.05) is 0 Å². The molecule has 0 spiro atoms. The minimum Gasteiger partial charge on any atom is -0.480 e. The van der Waals surface area contributed by atoms with Crippen LogP contribution in [0.2, 0.25) is 0 Å². The predicted octanol–water partition coefficient (Wildman–Crippen LogP) is -0.0701. The monoisotopic (exact) mass is 241 g/mol. The second-order valence-electron chi connectivity index (χ2n) is 3.41. The highest BCUT2D eigenvalue weighted by atomic mass is 19.1. The molecule has 0 heterocycles. The van der Waals surface area contributed by atoms with E-state index in [-0.39, 0.29) is 12.0 Å². The minimum absolute atomic E-state index is 0.173. The van der Waals surface area contributed by atoms with Crippen molar-refractivity contribution >= 4 is 11.9 Å². The van der Waals surface area contributed by atoms with E-state index in [9.17, 15) is 14.0 Å². The minimum atomic E-state index is -1.37. The molecule has 92 valence electrons. The summed E-state index contributed by atoms with van der Waals surface area (Å²) in [6.07, 6.45) is -0.267. The number of aliphatic carboxylic acids is 1. The molecule has 3 N–H and O–H groups in total. The first-order chi connectivity index (χ1) is 8.04. The van der Waals surface area contributed by atoms with Crippen LogP contribution in [0.5, 0.6) is 0 Å². The van der Waals surface area contributed by atoms with Crippen LogP contribution in [0, 0.1) is 5.82 Å². The number of carboxylic acids is 1. The van der Waals surface area contributed by atoms with Gasteiger partial charge in [0.15, 0.2) is 0 Å². The molecule has 0 saturated carbocycles. The number of aliphatic hydroxyl groups excluding tert-OH is 1. The number of rotatable bonds is 5. The zero-order valence-electron chi connectivity index (χ0n) is 8.89. The Hall–Kier alpha value is -1.95. The summed E-state index contributed by atoms with van der Waals surface area (Å²) in [6.45, 7) is -0.710. The number of halogens is 1. The Kier molecular flexibility index (Phi) is 4.59. The molecule has 6 heteroatoms. The number of aliphatic hydroxyl groups is 1. The fourth-order valence-corrected chi connectivity index (χ4v) is 1.25. The van der Waals surface area contributed by atoms with Crippen LogP contribution in [0.1, 0.15) is 5.56 Å². The fraction of sp³-hybridized carbons (Fsp3) is 0.273. The van der Waals surface area contributed by atoms with Crippen LogP contribution in [0.3, 0.4) is 0 Å². The molecule has 0 aliphatic rings. The third kappa shape index (κ3) is 3.84. The number of benzene rings is 1. The number of carbonyl (C=O) groups excluding carboxylic acids is 1. The zero-order valence-corrected chi connectivity index (χ0v) is 8.89. The van der Waals surface area contributed by atoms with Crippen molar-refractivity contribution in [3.05, 3.63) is 35.6 Å². The van der Waals surface area contributed by atoms with Gasteiger partial charge in [-0.25, -0.2) is 9.18 Å². The average molecular weight is 241 g/mol. The smallest absolute Gasteiger partial charge is 0.328 e. The van der Waals surface area contributed by atoms with Crippen LogP contribution in [0.15, 0.2) is 24.3 Å². The molecule has 0 fully saturated rings. The largest absolute Gasteiger partial charge is 0.480 e. The molecule has 1 rings (SSSR count). The van der Waals surface area contributed by atoms with E-state index < -0.39 is 30.3 Å². The van der Waals surface area contributed by atoms with Gasteiger partial charge < -0.3 is 15.5 Å². The van der Waals surface area contributed by atoms with E-state index in [2.05, 4.69) is 5.32 Å². The third-order valence-corrected chi connectivity index (χ3v) is 2.12. The second-order valence-corrected chi connectivity index (χ2v) is 3.41. The summed E-state index contributed by atoms with van der Waals surface area (Å²) < 4.78 is 13.2. The summed E-state index contributed by atoms with van der Waals surface area (Å²) in [7, 11) is 0. The summed E-state index contributed by atoms with van der Waals surface area (Å²) >= 11 is 0. The van der Waals surface area contributed by atoms with Gasteiger partial charge in [0.1, 0.15) is 11.9 Å². The summed E-state index contributed by atoms with van der Waals surface area (Å²) in [5, 5.41) is 19.4. The molecule has 17 heavy (non-hydrogen) atoms. The van der Waals surface area contributed by atoms with E-state index in [4.69, 9.17) is 10.2 Å². The van der Waals surface area contributed by atoms with Crippen molar-refractivity contribution in [2.75, 3.05) is 6.61 Å². The molecule has 0 unspecified atom stereocenters. The Labute approximate surface area is 96.9 Å². The number of carboxylic acid groups (broad SMARTS) is 1. The quantitative estimate of drug-likeness (QED) is 0.673. The van der Waals surface area contributed by atoms with Crippen LogP contribution in [-0.4, -0.2) is 34.7 Å². The first-order valence-corrected chi connectivity index (χ1v) is 4.91. The van der Waals surface area contributed by atoms with Gasteiger partial charge >= 0.3 is 5.97 Å². The Morgan fingerprint density at radius 2 is 2.00 bits per heavy atom. The van der Waals surface area contributed by atoms with Crippen molar-refractivity contribution in [3.63, 3.8) is 0 Å². The third-order valence-electron chi connectivity index (χ3n) is 2.12. The highest BCUT2D eigenvalue weighted by molar-refractivity contribution is 5.84. The van der Waals surface area contributed by atoms with Gasteiger partial charge in [-0.1, -0.05) is 18.2 Å². The topological polar surface area (TPSA) is 86.6 Å². The summed E-state index contributed by atoms with van der Waals surface area (Å²) in [4.78, 5) is 21.9. The SMILES string of the molecule is O=C(Cc1ccccc1F)N[C@H](CO)C(=O)O. The first kappa shape index (κ1) is 13.1. The van der Waals surface area contributed by atoms with Gasteiger partial charge in [-0.15, -0.1) is 0 Å². The van der Waals surface area contributed by atoms with Crippen LogP contribution in [0.4, 0.5) is 4.39 Å². The zero-order chi connectivity index (χ0) is 12.8. The molecule has 1 aromatic carbocycles. The number of carbonyl (C=O) groups is 2. The Bertz CT molecular complexity index is 422. The highest BCUT2D eigenvalue weighted by Crippen LogP contribution is 2.06. The van der Waals surface area contributed by atoms with Crippen molar-refractivity contribution in [2.24, 2.45) is 0 Å². The molecule has 0 aromatic heterocycles. The van der Waals surface area contributed by atoms with Crippen LogP contribution >= 0.6 is 0 Å². The van der Waals surface area contributed by atoms with E-state index in [0.717, 1.165) is 0 Å². The Morgan fingerprint density at radius 3 is 2.53 bits per heavy atom. The molecule has 0 aliphatic carbocycles. The molecule has 5 nitrogen and oxygen atoms in total. The lowest BCUT2D eigenvalue weighted by atomic mass is 10.1. The number of hydrogen-bond acceptors (Lipinski definition) is 3. The predicted molar refractivity (Wildman–Crippen MR) is 56.8 cm³/mol. The van der Waals surface area contributed by atoms with Crippen LogP contribution in [-0.2, 0) is 16.0 Å². The summed E-state index contributed by atoms with van der Waals surface area (Å²) in [5.41, 5.74) is 0.173. The maximum Gasteiger partial charge on any atom is 0.328 e. The second kappa shape index (κ2) is 5.95. The first-order valence-electron chi connectivity index (χ1n) is 4.91. The molecule has 0 saturated heterocycles. The summed E-state index contributed by atoms with van der Waals surface area (Å²) in [5.74, 6) is -2.52. The Morgan fingerprint density at radius 1 is 1.35 bits per heavy atom. The van der Waals surface area contributed by atoms with E-state index in [0.29, 0.717) is 0 Å². The van der Waals surface area contributed by atoms with E-state index in [1.165, 1.54) is 18.2 Å². The van der Waals surface area contributed by atoms with E-state index >= 15 is 0 Å². The lowest BCUT2D eigenvalue weighted by molar-refractivity contribution is -0.142. The van der Waals surface area contributed by atoms with Crippen molar-refractivity contribution < 1.29 is 24.2 Å². The molecular formula is C11H12FNO4. The Balaban J connectivity index is 2.61. The van der Waals surface area contributed by atoms with Gasteiger partial charge in [0.05, 0.1) is 13.0 Å². The molecular weight excluding hydrogens is 229 g/mol. The van der Waals surface area contributed by atoms with Gasteiger partial charge in [0.25, 0.3) is 0 Å². The highest BCUT2D eigenvalue weighted by Gasteiger charge is 2.19. The lowest BCUT2D eigenvalue weighted by Gasteiger charge is -2.11. The van der Waals surface area contributed by atoms with Crippen molar-refractivity contribution in [1.29, 1.82) is 0 Å².